The van der Waals surface area contributed by atoms with Crippen molar-refractivity contribution in [1.29, 1.82) is 0 Å². The maximum absolute atomic E-state index is 13.7. The number of nitrogens with zero attached hydrogens (tertiary/aromatic N) is 2. The topological polar surface area (TPSA) is 37.8 Å². The molecule has 4 aromatic rings. The molecule has 2 heterocycles. The third kappa shape index (κ3) is 3.94. The fraction of sp³-hybridized carbons (Fsp3) is 0.214. The fourth-order valence-corrected chi connectivity index (χ4v) is 4.81. The Labute approximate surface area is 196 Å². The van der Waals surface area contributed by atoms with Crippen LogP contribution in [0.5, 0.6) is 0 Å². The zero-order valence-corrected chi connectivity index (χ0v) is 18.9. The van der Waals surface area contributed by atoms with Gasteiger partial charge in [-0.1, -0.05) is 55.5 Å². The summed E-state index contributed by atoms with van der Waals surface area (Å²) >= 11 is 0. The molecule has 2 aromatic carbocycles. The monoisotopic (exact) mass is 459 g/mol. The molecule has 0 saturated heterocycles. The molecule has 0 aliphatic heterocycles. The van der Waals surface area contributed by atoms with Crippen LogP contribution < -0.4 is 5.32 Å². The van der Waals surface area contributed by atoms with Crippen LogP contribution in [-0.4, -0.2) is 9.97 Å². The molecule has 0 spiro atoms. The molecule has 1 aliphatic carbocycles. The van der Waals surface area contributed by atoms with Gasteiger partial charge in [-0.05, 0) is 55.0 Å². The third-order valence-corrected chi connectivity index (χ3v) is 6.48. The van der Waals surface area contributed by atoms with E-state index in [9.17, 15) is 13.2 Å². The van der Waals surface area contributed by atoms with E-state index in [-0.39, 0.29) is 11.3 Å². The van der Waals surface area contributed by atoms with Crippen LogP contribution >= 0.6 is 0 Å². The number of nitrogens with one attached hydrogen (secondary N) is 1. The summed E-state index contributed by atoms with van der Waals surface area (Å²) in [7, 11) is 0. The van der Waals surface area contributed by atoms with Crippen LogP contribution in [0, 0.1) is 0 Å². The van der Waals surface area contributed by atoms with Crippen molar-refractivity contribution in [3.63, 3.8) is 0 Å². The number of aromatic nitrogens is 2. The Morgan fingerprint density at radius 3 is 2.47 bits per heavy atom. The first kappa shape index (κ1) is 22.1. The molecule has 1 aliphatic rings. The highest BCUT2D eigenvalue weighted by molar-refractivity contribution is 5.95. The van der Waals surface area contributed by atoms with Gasteiger partial charge in [0, 0.05) is 28.4 Å². The molecule has 0 saturated carbocycles. The zero-order chi connectivity index (χ0) is 23.9. The SMILES string of the molecule is CCC1CC(C)=C(Nc2nc(-c3ccccc3C(F)(F)F)cc3cccnc23)c2ccccc21. The van der Waals surface area contributed by atoms with E-state index in [0.29, 0.717) is 17.3 Å². The summed E-state index contributed by atoms with van der Waals surface area (Å²) in [6.45, 7) is 4.28. The Hall–Kier alpha value is -3.67. The molecule has 0 amide bonds. The second kappa shape index (κ2) is 8.60. The molecular formula is C28H24F3N3. The van der Waals surface area contributed by atoms with Gasteiger partial charge < -0.3 is 5.32 Å². The van der Waals surface area contributed by atoms with Gasteiger partial charge in [0.2, 0.25) is 0 Å². The summed E-state index contributed by atoms with van der Waals surface area (Å²) in [5.41, 5.74) is 4.72. The van der Waals surface area contributed by atoms with E-state index < -0.39 is 11.7 Å². The molecule has 0 radical (unpaired) electrons. The largest absolute Gasteiger partial charge is 0.417 e. The van der Waals surface area contributed by atoms with Crippen molar-refractivity contribution in [2.75, 3.05) is 5.32 Å². The average molecular weight is 460 g/mol. The van der Waals surface area contributed by atoms with Crippen LogP contribution in [0.2, 0.25) is 0 Å². The molecule has 0 bridgehead atoms. The summed E-state index contributed by atoms with van der Waals surface area (Å²) in [5.74, 6) is 0.888. The molecule has 172 valence electrons. The van der Waals surface area contributed by atoms with Gasteiger partial charge in [0.1, 0.15) is 5.52 Å². The predicted molar refractivity (Wildman–Crippen MR) is 130 cm³/mol. The van der Waals surface area contributed by atoms with Gasteiger partial charge in [0.15, 0.2) is 5.82 Å². The van der Waals surface area contributed by atoms with E-state index in [1.54, 1.807) is 24.4 Å². The van der Waals surface area contributed by atoms with Crippen LogP contribution in [0.25, 0.3) is 27.9 Å². The highest BCUT2D eigenvalue weighted by Gasteiger charge is 2.34. The molecule has 0 fully saturated rings. The lowest BCUT2D eigenvalue weighted by Crippen LogP contribution is -2.15. The summed E-state index contributed by atoms with van der Waals surface area (Å²) in [4.78, 5) is 9.17. The third-order valence-electron chi connectivity index (χ3n) is 6.48. The number of hydrogen-bond acceptors (Lipinski definition) is 3. The van der Waals surface area contributed by atoms with Crippen LogP contribution in [0.3, 0.4) is 0 Å². The first-order valence-corrected chi connectivity index (χ1v) is 11.3. The van der Waals surface area contributed by atoms with Crippen molar-refractivity contribution in [2.45, 2.75) is 38.8 Å². The molecule has 2 aromatic heterocycles. The van der Waals surface area contributed by atoms with Crippen molar-refractivity contribution in [3.05, 3.63) is 95.2 Å². The Balaban J connectivity index is 1.68. The van der Waals surface area contributed by atoms with Crippen LogP contribution in [-0.2, 0) is 6.18 Å². The highest BCUT2D eigenvalue weighted by atomic mass is 19.4. The van der Waals surface area contributed by atoms with Crippen LogP contribution in [0.4, 0.5) is 19.0 Å². The molecular weight excluding hydrogens is 435 g/mol. The number of alkyl halides is 3. The smallest absolute Gasteiger partial charge is 0.338 e. The minimum Gasteiger partial charge on any atom is -0.338 e. The van der Waals surface area contributed by atoms with Crippen LogP contribution in [0.15, 0.2) is 78.5 Å². The van der Waals surface area contributed by atoms with Gasteiger partial charge in [-0.15, -0.1) is 0 Å². The van der Waals surface area contributed by atoms with Gasteiger partial charge in [0.05, 0.1) is 11.3 Å². The van der Waals surface area contributed by atoms with Crippen LogP contribution in [0.1, 0.15) is 49.3 Å². The van der Waals surface area contributed by atoms with Crippen molar-refractivity contribution in [1.82, 2.24) is 9.97 Å². The number of pyridine rings is 2. The molecule has 6 heteroatoms. The number of halogens is 3. The second-order valence-electron chi connectivity index (χ2n) is 8.65. The number of anilines is 1. The van der Waals surface area contributed by atoms with Crippen molar-refractivity contribution in [3.8, 4) is 11.3 Å². The minimum atomic E-state index is -4.48. The van der Waals surface area contributed by atoms with E-state index in [2.05, 4.69) is 41.3 Å². The first-order chi connectivity index (χ1) is 16.4. The van der Waals surface area contributed by atoms with Gasteiger partial charge in [-0.25, -0.2) is 4.98 Å². The first-order valence-electron chi connectivity index (χ1n) is 11.3. The van der Waals surface area contributed by atoms with E-state index >= 15 is 0 Å². The van der Waals surface area contributed by atoms with Crippen molar-refractivity contribution >= 4 is 22.4 Å². The Kier molecular flexibility index (Phi) is 5.60. The van der Waals surface area contributed by atoms with Crippen molar-refractivity contribution in [2.24, 2.45) is 0 Å². The molecule has 1 N–H and O–H groups in total. The normalized spacial score (nSPS) is 16.0. The molecule has 5 rings (SSSR count). The molecule has 34 heavy (non-hydrogen) atoms. The summed E-state index contributed by atoms with van der Waals surface area (Å²) in [6, 6.07) is 19.1. The minimum absolute atomic E-state index is 0.0459. The molecule has 1 atom stereocenters. The Morgan fingerprint density at radius 1 is 0.971 bits per heavy atom. The second-order valence-corrected chi connectivity index (χ2v) is 8.65. The number of benzene rings is 2. The lowest BCUT2D eigenvalue weighted by Gasteiger charge is -2.29. The summed E-state index contributed by atoms with van der Waals surface area (Å²) in [6.07, 6.45) is -0.861. The van der Waals surface area contributed by atoms with E-state index in [1.807, 2.05) is 18.2 Å². The van der Waals surface area contributed by atoms with Gasteiger partial charge in [-0.2, -0.15) is 13.2 Å². The van der Waals surface area contributed by atoms with E-state index in [0.717, 1.165) is 35.6 Å². The lowest BCUT2D eigenvalue weighted by molar-refractivity contribution is -0.137. The quantitative estimate of drug-likeness (QED) is 0.335. The standard InChI is InChI=1S/C28H24F3N3/c1-3-18-15-17(2)25(21-11-5-4-10-20(18)21)34-27-26-19(9-8-14-32-26)16-24(33-27)22-12-6-7-13-23(22)28(29,30)31/h4-14,16,18H,3,15H2,1-2H3,(H,33,34). The van der Waals surface area contributed by atoms with E-state index in [4.69, 9.17) is 0 Å². The molecule has 1 unspecified atom stereocenters. The summed E-state index contributed by atoms with van der Waals surface area (Å²) < 4.78 is 41.2. The van der Waals surface area contributed by atoms with Gasteiger partial charge >= 0.3 is 6.18 Å². The van der Waals surface area contributed by atoms with Gasteiger partial charge in [0.25, 0.3) is 0 Å². The van der Waals surface area contributed by atoms with Crippen molar-refractivity contribution < 1.29 is 13.2 Å². The fourth-order valence-electron chi connectivity index (χ4n) is 4.81. The highest BCUT2D eigenvalue weighted by Crippen LogP contribution is 2.42. The Bertz CT molecular complexity index is 1410. The zero-order valence-electron chi connectivity index (χ0n) is 18.9. The maximum atomic E-state index is 13.7. The Morgan fingerprint density at radius 2 is 1.71 bits per heavy atom. The lowest BCUT2D eigenvalue weighted by atomic mass is 9.80. The van der Waals surface area contributed by atoms with E-state index in [1.165, 1.54) is 23.3 Å². The number of fused-ring (bicyclic) bond motifs is 2. The summed E-state index contributed by atoms with van der Waals surface area (Å²) in [5, 5.41) is 4.19. The average Bonchev–Trinajstić information content (AvgIpc) is 2.84. The predicted octanol–water partition coefficient (Wildman–Crippen LogP) is 8.06. The number of rotatable bonds is 4. The maximum Gasteiger partial charge on any atom is 0.417 e. The van der Waals surface area contributed by atoms with Gasteiger partial charge in [-0.3, -0.25) is 4.98 Å². The molecule has 3 nitrogen and oxygen atoms in total. The number of allylic oxidation sites excluding steroid dienone is 1. The number of hydrogen-bond donors (Lipinski definition) is 1.